The minimum atomic E-state index is -0.201. The second-order valence-corrected chi connectivity index (χ2v) is 7.28. The molecule has 0 bridgehead atoms. The number of carbonyl (C=O) groups excluding carboxylic acids is 1. The van der Waals surface area contributed by atoms with E-state index in [0.717, 1.165) is 30.4 Å². The number of hydrogen-bond acceptors (Lipinski definition) is 4. The number of carbonyl (C=O) groups is 1. The Labute approximate surface area is 163 Å². The second kappa shape index (κ2) is 7.53. The van der Waals surface area contributed by atoms with Crippen LogP contribution in [0.4, 0.5) is 0 Å². The number of aryl methyl sites for hydroxylation is 1. The molecule has 0 saturated carbocycles. The third kappa shape index (κ3) is 3.74. The standard InChI is InChI=1S/C21H20ClN3O2/c1-14-8-10-15(11-9-14)21(26)25-12-3-2-7-18(25)20-23-19(24-27-20)16-5-4-6-17(22)13-16/h4-6,8-11,13,18H,2-3,7,12H2,1H3. The lowest BCUT2D eigenvalue weighted by Gasteiger charge is -2.33. The summed E-state index contributed by atoms with van der Waals surface area (Å²) in [5.41, 5.74) is 2.61. The van der Waals surface area contributed by atoms with Gasteiger partial charge in [-0.1, -0.05) is 46.6 Å². The fourth-order valence-corrected chi connectivity index (χ4v) is 3.60. The van der Waals surface area contributed by atoms with Crippen LogP contribution in [0.25, 0.3) is 11.4 Å². The van der Waals surface area contributed by atoms with E-state index in [4.69, 9.17) is 16.1 Å². The van der Waals surface area contributed by atoms with Crippen LogP contribution in [-0.2, 0) is 0 Å². The molecule has 1 atom stereocenters. The summed E-state index contributed by atoms with van der Waals surface area (Å²) in [5.74, 6) is 0.966. The summed E-state index contributed by atoms with van der Waals surface area (Å²) in [7, 11) is 0. The van der Waals surface area contributed by atoms with Crippen molar-refractivity contribution < 1.29 is 9.32 Å². The molecule has 1 fully saturated rings. The minimum absolute atomic E-state index is 0.00204. The average molecular weight is 382 g/mol. The molecule has 4 rings (SSSR count). The van der Waals surface area contributed by atoms with Crippen molar-refractivity contribution in [2.24, 2.45) is 0 Å². The molecule has 6 heteroatoms. The van der Waals surface area contributed by atoms with Gasteiger partial charge in [-0.15, -0.1) is 0 Å². The van der Waals surface area contributed by atoms with Crippen LogP contribution in [0.15, 0.2) is 53.1 Å². The summed E-state index contributed by atoms with van der Waals surface area (Å²) in [6.07, 6.45) is 2.81. The predicted molar refractivity (Wildman–Crippen MR) is 104 cm³/mol. The Hall–Kier alpha value is -2.66. The first-order chi connectivity index (χ1) is 13.1. The average Bonchev–Trinajstić information content (AvgIpc) is 3.18. The third-order valence-electron chi connectivity index (χ3n) is 4.87. The van der Waals surface area contributed by atoms with Crippen molar-refractivity contribution in [1.82, 2.24) is 15.0 Å². The van der Waals surface area contributed by atoms with Crippen molar-refractivity contribution in [3.63, 3.8) is 0 Å². The van der Waals surface area contributed by atoms with E-state index in [1.807, 2.05) is 48.2 Å². The number of nitrogens with zero attached hydrogens (tertiary/aromatic N) is 3. The number of piperidine rings is 1. The molecule has 2 heterocycles. The predicted octanol–water partition coefficient (Wildman–Crippen LogP) is 5.07. The number of amides is 1. The summed E-state index contributed by atoms with van der Waals surface area (Å²) in [5, 5.41) is 4.72. The Morgan fingerprint density at radius 3 is 2.78 bits per heavy atom. The lowest BCUT2D eigenvalue weighted by atomic mass is 10.0. The zero-order chi connectivity index (χ0) is 18.8. The van der Waals surface area contributed by atoms with Gasteiger partial charge in [0.15, 0.2) is 0 Å². The maximum Gasteiger partial charge on any atom is 0.254 e. The third-order valence-corrected chi connectivity index (χ3v) is 5.11. The lowest BCUT2D eigenvalue weighted by Crippen LogP contribution is -2.38. The fraction of sp³-hybridized carbons (Fsp3) is 0.286. The minimum Gasteiger partial charge on any atom is -0.337 e. The topological polar surface area (TPSA) is 59.2 Å². The molecule has 27 heavy (non-hydrogen) atoms. The van der Waals surface area contributed by atoms with Gasteiger partial charge in [-0.25, -0.2) is 0 Å². The van der Waals surface area contributed by atoms with Crippen LogP contribution in [-0.4, -0.2) is 27.5 Å². The Bertz CT molecular complexity index is 952. The largest absolute Gasteiger partial charge is 0.337 e. The fourth-order valence-electron chi connectivity index (χ4n) is 3.41. The van der Waals surface area contributed by atoms with Crippen LogP contribution in [0.1, 0.15) is 47.1 Å². The first-order valence-corrected chi connectivity index (χ1v) is 9.47. The summed E-state index contributed by atoms with van der Waals surface area (Å²) in [6.45, 7) is 2.69. The van der Waals surface area contributed by atoms with Gasteiger partial charge in [-0.3, -0.25) is 4.79 Å². The molecule has 1 saturated heterocycles. The van der Waals surface area contributed by atoms with Gasteiger partial charge in [0.25, 0.3) is 5.91 Å². The summed E-state index contributed by atoms with van der Waals surface area (Å²) in [6, 6.07) is 14.8. The zero-order valence-electron chi connectivity index (χ0n) is 15.1. The molecule has 1 amide bonds. The number of aromatic nitrogens is 2. The highest BCUT2D eigenvalue weighted by Gasteiger charge is 2.32. The SMILES string of the molecule is Cc1ccc(C(=O)N2CCCCC2c2nc(-c3cccc(Cl)c3)no2)cc1. The van der Waals surface area contributed by atoms with Crippen LogP contribution in [0.3, 0.4) is 0 Å². The maximum absolute atomic E-state index is 13.0. The van der Waals surface area contributed by atoms with Gasteiger partial charge >= 0.3 is 0 Å². The molecular weight excluding hydrogens is 362 g/mol. The van der Waals surface area contributed by atoms with Crippen LogP contribution in [0.5, 0.6) is 0 Å². The first-order valence-electron chi connectivity index (χ1n) is 9.09. The number of benzene rings is 2. The highest BCUT2D eigenvalue weighted by molar-refractivity contribution is 6.30. The van der Waals surface area contributed by atoms with E-state index in [-0.39, 0.29) is 11.9 Å². The van der Waals surface area contributed by atoms with E-state index in [9.17, 15) is 4.79 Å². The Balaban J connectivity index is 1.61. The van der Waals surface area contributed by atoms with Gasteiger partial charge < -0.3 is 9.42 Å². The monoisotopic (exact) mass is 381 g/mol. The van der Waals surface area contributed by atoms with Gasteiger partial charge in [0, 0.05) is 22.7 Å². The van der Waals surface area contributed by atoms with Gasteiger partial charge in [-0.2, -0.15) is 4.98 Å². The van der Waals surface area contributed by atoms with Crippen molar-refractivity contribution in [1.29, 1.82) is 0 Å². The molecule has 0 aliphatic carbocycles. The highest BCUT2D eigenvalue weighted by atomic mass is 35.5. The molecule has 0 spiro atoms. The number of hydrogen-bond donors (Lipinski definition) is 0. The molecule has 3 aromatic rings. The van der Waals surface area contributed by atoms with E-state index in [1.165, 1.54) is 0 Å². The molecule has 2 aromatic carbocycles. The zero-order valence-corrected chi connectivity index (χ0v) is 15.8. The van der Waals surface area contributed by atoms with Gasteiger partial charge in [0.2, 0.25) is 11.7 Å². The molecule has 1 aromatic heterocycles. The Morgan fingerprint density at radius 1 is 1.19 bits per heavy atom. The van der Waals surface area contributed by atoms with Crippen LogP contribution in [0.2, 0.25) is 5.02 Å². The van der Waals surface area contributed by atoms with Crippen molar-refractivity contribution in [2.45, 2.75) is 32.2 Å². The Morgan fingerprint density at radius 2 is 2.00 bits per heavy atom. The van der Waals surface area contributed by atoms with E-state index in [0.29, 0.717) is 28.8 Å². The van der Waals surface area contributed by atoms with E-state index < -0.39 is 0 Å². The van der Waals surface area contributed by atoms with Gasteiger partial charge in [-0.05, 0) is 50.5 Å². The quantitative estimate of drug-likeness (QED) is 0.635. The first kappa shape index (κ1) is 17.7. The molecule has 138 valence electrons. The molecule has 0 N–H and O–H groups in total. The molecule has 1 aliphatic heterocycles. The van der Waals surface area contributed by atoms with Crippen molar-refractivity contribution >= 4 is 17.5 Å². The van der Waals surface area contributed by atoms with Crippen LogP contribution >= 0.6 is 11.6 Å². The summed E-state index contributed by atoms with van der Waals surface area (Å²) < 4.78 is 5.54. The lowest BCUT2D eigenvalue weighted by molar-refractivity contribution is 0.0561. The van der Waals surface area contributed by atoms with Crippen molar-refractivity contribution in [3.8, 4) is 11.4 Å². The van der Waals surface area contributed by atoms with Gasteiger partial charge in [0.05, 0.1) is 0 Å². The highest BCUT2D eigenvalue weighted by Crippen LogP contribution is 2.32. The molecular formula is C21H20ClN3O2. The maximum atomic E-state index is 13.0. The number of halogens is 1. The van der Waals surface area contributed by atoms with Gasteiger partial charge in [0.1, 0.15) is 6.04 Å². The van der Waals surface area contributed by atoms with Crippen LogP contribution in [0, 0.1) is 6.92 Å². The summed E-state index contributed by atoms with van der Waals surface area (Å²) in [4.78, 5) is 19.4. The number of likely N-dealkylation sites (tertiary alicyclic amines) is 1. The summed E-state index contributed by atoms with van der Waals surface area (Å²) >= 11 is 6.05. The Kier molecular flexibility index (Phi) is 4.94. The van der Waals surface area contributed by atoms with E-state index in [2.05, 4.69) is 10.1 Å². The second-order valence-electron chi connectivity index (χ2n) is 6.84. The van der Waals surface area contributed by atoms with Crippen molar-refractivity contribution in [3.05, 3.63) is 70.6 Å². The molecule has 5 nitrogen and oxygen atoms in total. The molecule has 1 unspecified atom stereocenters. The van der Waals surface area contributed by atoms with E-state index in [1.54, 1.807) is 12.1 Å². The smallest absolute Gasteiger partial charge is 0.254 e. The van der Waals surface area contributed by atoms with Crippen LogP contribution < -0.4 is 0 Å². The van der Waals surface area contributed by atoms with Crippen molar-refractivity contribution in [2.75, 3.05) is 6.54 Å². The molecule has 1 aliphatic rings. The normalized spacial score (nSPS) is 17.1. The number of rotatable bonds is 3. The van der Waals surface area contributed by atoms with E-state index >= 15 is 0 Å². The molecule has 0 radical (unpaired) electrons.